The number of nitrogens with zero attached hydrogens (tertiary/aromatic N) is 4. The van der Waals surface area contributed by atoms with E-state index < -0.39 is 0 Å². The minimum atomic E-state index is -0.163. The highest BCUT2D eigenvalue weighted by atomic mass is 16.5. The zero-order valence-electron chi connectivity index (χ0n) is 15.0. The van der Waals surface area contributed by atoms with Crippen LogP contribution in [0.5, 0.6) is 0 Å². The van der Waals surface area contributed by atoms with Crippen molar-refractivity contribution in [3.63, 3.8) is 0 Å². The lowest BCUT2D eigenvalue weighted by molar-refractivity contribution is 0.109. The molecule has 3 heterocycles. The summed E-state index contributed by atoms with van der Waals surface area (Å²) in [5, 5.41) is 7.52. The Balaban J connectivity index is 1.74. The van der Waals surface area contributed by atoms with Crippen LogP contribution in [-0.2, 0) is 17.8 Å². The van der Waals surface area contributed by atoms with Crippen molar-refractivity contribution in [3.05, 3.63) is 41.8 Å². The fraction of sp³-hybridized carbons (Fsp3) is 0.611. The summed E-state index contributed by atoms with van der Waals surface area (Å²) >= 11 is 0. The van der Waals surface area contributed by atoms with Crippen LogP contribution in [0.4, 0.5) is 0 Å². The molecule has 2 atom stereocenters. The molecule has 1 fully saturated rings. The van der Waals surface area contributed by atoms with Gasteiger partial charge in [0.15, 0.2) is 5.82 Å². The first-order valence-electron chi connectivity index (χ1n) is 8.96. The summed E-state index contributed by atoms with van der Waals surface area (Å²) < 4.78 is 10.7. The van der Waals surface area contributed by atoms with E-state index in [0.29, 0.717) is 24.3 Å². The average Bonchev–Trinajstić information content (AvgIpc) is 2.94. The molecule has 1 aliphatic heterocycles. The minimum absolute atomic E-state index is 0.163. The molecule has 0 bridgehead atoms. The maximum absolute atomic E-state index is 5.46. The van der Waals surface area contributed by atoms with Crippen LogP contribution in [0.1, 0.15) is 49.7 Å². The number of methoxy groups -OCH3 is 1. The monoisotopic (exact) mass is 345 g/mol. The third kappa shape index (κ3) is 5.07. The summed E-state index contributed by atoms with van der Waals surface area (Å²) in [7, 11) is 1.65. The lowest BCUT2D eigenvalue weighted by Crippen LogP contribution is -2.35. The van der Waals surface area contributed by atoms with E-state index in [4.69, 9.17) is 9.26 Å². The van der Waals surface area contributed by atoms with Crippen molar-refractivity contribution < 1.29 is 9.26 Å². The Hall–Kier alpha value is -1.83. The lowest BCUT2D eigenvalue weighted by Gasteiger charge is -2.29. The Morgan fingerprint density at radius 2 is 2.24 bits per heavy atom. The van der Waals surface area contributed by atoms with E-state index in [9.17, 15) is 0 Å². The summed E-state index contributed by atoms with van der Waals surface area (Å²) in [4.78, 5) is 11.4. The Morgan fingerprint density at radius 1 is 1.32 bits per heavy atom. The first kappa shape index (κ1) is 18.0. The van der Waals surface area contributed by atoms with Gasteiger partial charge in [-0.15, -0.1) is 0 Å². The second-order valence-corrected chi connectivity index (χ2v) is 6.49. The molecule has 25 heavy (non-hydrogen) atoms. The molecule has 0 aromatic carbocycles. The Morgan fingerprint density at radius 3 is 3.04 bits per heavy atom. The number of ether oxygens (including phenoxy) is 1. The van der Waals surface area contributed by atoms with Crippen molar-refractivity contribution in [1.82, 2.24) is 25.3 Å². The summed E-state index contributed by atoms with van der Waals surface area (Å²) in [5.74, 6) is 1.23. The van der Waals surface area contributed by atoms with Crippen LogP contribution in [-0.4, -0.2) is 46.3 Å². The first-order valence-corrected chi connectivity index (χ1v) is 8.96. The van der Waals surface area contributed by atoms with Gasteiger partial charge >= 0.3 is 0 Å². The maximum atomic E-state index is 5.46. The van der Waals surface area contributed by atoms with Gasteiger partial charge in [-0.25, -0.2) is 0 Å². The van der Waals surface area contributed by atoms with Gasteiger partial charge in [0.1, 0.15) is 6.10 Å². The molecule has 0 aliphatic carbocycles. The molecule has 136 valence electrons. The molecule has 1 saturated heterocycles. The highest BCUT2D eigenvalue weighted by molar-refractivity contribution is 5.04. The molecule has 2 aromatic heterocycles. The molecule has 1 N–H and O–H groups in total. The standard InChI is InChI=1S/C18H27N5O2/c1-14(24-2)18-21-17(25-22-18)13-23(12-15-6-3-4-10-20-15)16-7-5-9-19-11-8-16/h3-4,6,10,14,16,19H,5,7-9,11-13H2,1-2H3/t14-,16+/m0/s1. The van der Waals surface area contributed by atoms with Gasteiger partial charge in [0, 0.05) is 25.9 Å². The van der Waals surface area contributed by atoms with Crippen molar-refractivity contribution in [2.24, 2.45) is 0 Å². The highest BCUT2D eigenvalue weighted by Crippen LogP contribution is 2.20. The predicted octanol–water partition coefficient (Wildman–Crippen LogP) is 2.32. The van der Waals surface area contributed by atoms with Crippen molar-refractivity contribution in [2.75, 3.05) is 20.2 Å². The summed E-state index contributed by atoms with van der Waals surface area (Å²) in [5.41, 5.74) is 1.06. The van der Waals surface area contributed by atoms with Crippen molar-refractivity contribution in [2.45, 2.75) is 51.4 Å². The fourth-order valence-electron chi connectivity index (χ4n) is 3.16. The van der Waals surface area contributed by atoms with Crippen molar-refractivity contribution in [1.29, 1.82) is 0 Å². The molecule has 0 saturated carbocycles. The van der Waals surface area contributed by atoms with E-state index in [-0.39, 0.29) is 6.10 Å². The van der Waals surface area contributed by atoms with E-state index >= 15 is 0 Å². The molecule has 2 aromatic rings. The zero-order valence-corrected chi connectivity index (χ0v) is 15.0. The van der Waals surface area contributed by atoms with Gasteiger partial charge in [-0.1, -0.05) is 11.2 Å². The maximum Gasteiger partial charge on any atom is 0.240 e. The van der Waals surface area contributed by atoms with E-state index in [0.717, 1.165) is 38.2 Å². The largest absolute Gasteiger partial charge is 0.374 e. The number of rotatable bonds is 7. The number of aromatic nitrogens is 3. The molecule has 0 spiro atoms. The van der Waals surface area contributed by atoms with Crippen LogP contribution in [0.2, 0.25) is 0 Å². The van der Waals surface area contributed by atoms with Crippen molar-refractivity contribution >= 4 is 0 Å². The molecule has 0 amide bonds. The smallest absolute Gasteiger partial charge is 0.240 e. The Bertz CT molecular complexity index is 625. The SMILES string of the molecule is CO[C@@H](C)c1noc(CN(Cc2ccccn2)[C@@H]2CCCNCC2)n1. The quantitative estimate of drug-likeness (QED) is 0.825. The normalized spacial score (nSPS) is 19.7. The van der Waals surface area contributed by atoms with Gasteiger partial charge in [0.25, 0.3) is 0 Å². The van der Waals surface area contributed by atoms with Crippen LogP contribution in [0.3, 0.4) is 0 Å². The molecular formula is C18H27N5O2. The number of pyridine rings is 1. The van der Waals surface area contributed by atoms with E-state index in [1.807, 2.05) is 25.3 Å². The number of hydrogen-bond donors (Lipinski definition) is 1. The van der Waals surface area contributed by atoms with Gasteiger partial charge in [-0.05, 0) is 51.4 Å². The Kier molecular flexibility index (Phi) is 6.49. The lowest BCUT2D eigenvalue weighted by atomic mass is 10.1. The van der Waals surface area contributed by atoms with Crippen molar-refractivity contribution in [3.8, 4) is 0 Å². The van der Waals surface area contributed by atoms with Gasteiger partial charge in [0.05, 0.1) is 12.2 Å². The van der Waals surface area contributed by atoms with E-state index in [2.05, 4.69) is 31.4 Å². The van der Waals surface area contributed by atoms with Crippen LogP contribution in [0.15, 0.2) is 28.9 Å². The fourth-order valence-corrected chi connectivity index (χ4v) is 3.16. The van der Waals surface area contributed by atoms with Crippen LogP contribution < -0.4 is 5.32 Å². The van der Waals surface area contributed by atoms with Crippen LogP contribution >= 0.6 is 0 Å². The second-order valence-electron chi connectivity index (χ2n) is 6.49. The number of nitrogens with one attached hydrogen (secondary N) is 1. The summed E-state index contributed by atoms with van der Waals surface area (Å²) in [6.07, 6.45) is 5.13. The minimum Gasteiger partial charge on any atom is -0.374 e. The molecule has 7 heteroatoms. The molecule has 1 aliphatic rings. The zero-order chi connectivity index (χ0) is 17.5. The molecular weight excluding hydrogens is 318 g/mol. The van der Waals surface area contributed by atoms with E-state index in [1.165, 1.54) is 6.42 Å². The third-order valence-electron chi connectivity index (χ3n) is 4.69. The molecule has 0 radical (unpaired) electrons. The van der Waals surface area contributed by atoms with Gasteiger partial charge < -0.3 is 14.6 Å². The van der Waals surface area contributed by atoms with Crippen LogP contribution in [0.25, 0.3) is 0 Å². The summed E-state index contributed by atoms with van der Waals surface area (Å²) in [6, 6.07) is 6.51. The van der Waals surface area contributed by atoms with Crippen LogP contribution in [0, 0.1) is 0 Å². The molecule has 0 unspecified atom stereocenters. The second kappa shape index (κ2) is 9.03. The predicted molar refractivity (Wildman–Crippen MR) is 93.7 cm³/mol. The first-order chi connectivity index (χ1) is 12.3. The molecule has 3 rings (SSSR count). The third-order valence-corrected chi connectivity index (χ3v) is 4.69. The van der Waals surface area contributed by atoms with Gasteiger partial charge in [0.2, 0.25) is 5.89 Å². The molecule has 7 nitrogen and oxygen atoms in total. The number of hydrogen-bond acceptors (Lipinski definition) is 7. The van der Waals surface area contributed by atoms with Gasteiger partial charge in [-0.3, -0.25) is 9.88 Å². The highest BCUT2D eigenvalue weighted by Gasteiger charge is 2.23. The summed E-state index contributed by atoms with van der Waals surface area (Å²) in [6.45, 7) is 5.45. The van der Waals surface area contributed by atoms with E-state index in [1.54, 1.807) is 7.11 Å². The topological polar surface area (TPSA) is 76.3 Å². The van der Waals surface area contributed by atoms with Gasteiger partial charge in [-0.2, -0.15) is 4.98 Å². The average molecular weight is 345 g/mol. The Labute approximate surface area is 148 Å².